The van der Waals surface area contributed by atoms with Gasteiger partial charge in [0, 0.05) is 16.3 Å². The van der Waals surface area contributed by atoms with Crippen LogP contribution in [0.4, 0.5) is 0 Å². The lowest BCUT2D eigenvalue weighted by atomic mass is 9.96. The zero-order valence-electron chi connectivity index (χ0n) is 11.0. The molecule has 1 aromatic heterocycles. The number of amides is 1. The van der Waals surface area contributed by atoms with E-state index in [1.807, 2.05) is 6.07 Å². The molecule has 3 nitrogen and oxygen atoms in total. The Hall–Kier alpha value is -0.870. The Labute approximate surface area is 113 Å². The second kappa shape index (κ2) is 6.90. The van der Waals surface area contributed by atoms with E-state index in [-0.39, 0.29) is 5.91 Å². The molecular weight excluding hydrogens is 244 g/mol. The zero-order valence-corrected chi connectivity index (χ0v) is 11.8. The van der Waals surface area contributed by atoms with Gasteiger partial charge in [0.25, 0.3) is 0 Å². The van der Waals surface area contributed by atoms with Gasteiger partial charge in [-0.05, 0) is 57.3 Å². The summed E-state index contributed by atoms with van der Waals surface area (Å²) in [7, 11) is 0. The van der Waals surface area contributed by atoms with Crippen molar-refractivity contribution in [3.05, 3.63) is 21.9 Å². The van der Waals surface area contributed by atoms with Gasteiger partial charge in [0.1, 0.15) is 0 Å². The van der Waals surface area contributed by atoms with Crippen molar-refractivity contribution in [2.45, 2.75) is 32.6 Å². The lowest BCUT2D eigenvalue weighted by Crippen LogP contribution is -2.33. The number of hydrogen-bond donors (Lipinski definition) is 2. The Morgan fingerprint density at radius 1 is 1.56 bits per heavy atom. The molecule has 1 aromatic rings. The number of carbonyl (C=O) groups is 1. The summed E-state index contributed by atoms with van der Waals surface area (Å²) >= 11 is 1.71. The van der Waals surface area contributed by atoms with E-state index in [4.69, 9.17) is 0 Å². The quantitative estimate of drug-likeness (QED) is 0.857. The summed E-state index contributed by atoms with van der Waals surface area (Å²) in [6.45, 7) is 5.15. The molecule has 2 rings (SSSR count). The zero-order chi connectivity index (χ0) is 12.8. The first-order valence-electron chi connectivity index (χ1n) is 6.77. The van der Waals surface area contributed by atoms with Crippen LogP contribution in [0.25, 0.3) is 0 Å². The molecule has 0 spiro atoms. The lowest BCUT2D eigenvalue weighted by Gasteiger charge is -2.22. The number of nitrogens with one attached hydrogen (secondary N) is 2. The van der Waals surface area contributed by atoms with Gasteiger partial charge in [-0.15, -0.1) is 11.3 Å². The van der Waals surface area contributed by atoms with E-state index in [9.17, 15) is 4.79 Å². The predicted octanol–water partition coefficient (Wildman–Crippen LogP) is 2.10. The van der Waals surface area contributed by atoms with Gasteiger partial charge >= 0.3 is 0 Å². The van der Waals surface area contributed by atoms with Gasteiger partial charge in [-0.2, -0.15) is 0 Å². The third-order valence-electron chi connectivity index (χ3n) is 3.40. The smallest absolute Gasteiger partial charge is 0.225 e. The van der Waals surface area contributed by atoms with E-state index in [2.05, 4.69) is 23.6 Å². The Balaban J connectivity index is 1.62. The van der Waals surface area contributed by atoms with Gasteiger partial charge in [-0.1, -0.05) is 0 Å². The molecule has 1 fully saturated rings. The molecule has 2 heterocycles. The Morgan fingerprint density at radius 2 is 2.44 bits per heavy atom. The molecule has 1 unspecified atom stereocenters. The first-order valence-corrected chi connectivity index (χ1v) is 7.58. The molecule has 0 bridgehead atoms. The number of rotatable bonds is 5. The molecule has 1 aliphatic heterocycles. The maximum absolute atomic E-state index is 11.7. The third kappa shape index (κ3) is 4.42. The summed E-state index contributed by atoms with van der Waals surface area (Å²) in [5, 5.41) is 6.43. The highest BCUT2D eigenvalue weighted by molar-refractivity contribution is 7.12. The molecular formula is C14H22N2OS. The molecule has 1 aliphatic rings. The van der Waals surface area contributed by atoms with E-state index in [0.29, 0.717) is 6.42 Å². The minimum Gasteiger partial charge on any atom is -0.356 e. The van der Waals surface area contributed by atoms with Crippen molar-refractivity contribution in [3.8, 4) is 0 Å². The number of piperidine rings is 1. The first kappa shape index (κ1) is 13.6. The van der Waals surface area contributed by atoms with Crippen LogP contribution in [0.2, 0.25) is 0 Å². The van der Waals surface area contributed by atoms with Crippen LogP contribution in [0.3, 0.4) is 0 Å². The van der Waals surface area contributed by atoms with Gasteiger partial charge < -0.3 is 10.6 Å². The minimum absolute atomic E-state index is 0.153. The fourth-order valence-electron chi connectivity index (χ4n) is 2.39. The molecule has 100 valence electrons. The highest BCUT2D eigenvalue weighted by Gasteiger charge is 2.13. The lowest BCUT2D eigenvalue weighted by molar-refractivity contribution is -0.120. The number of aryl methyl sites for hydroxylation is 1. The highest BCUT2D eigenvalue weighted by atomic mass is 32.1. The average molecular weight is 266 g/mol. The van der Waals surface area contributed by atoms with Crippen molar-refractivity contribution in [2.24, 2.45) is 5.92 Å². The molecule has 0 saturated carbocycles. The Morgan fingerprint density at radius 3 is 3.11 bits per heavy atom. The Bertz CT molecular complexity index is 383. The number of hydrogen-bond acceptors (Lipinski definition) is 3. The third-order valence-corrected chi connectivity index (χ3v) is 4.41. The molecule has 1 atom stereocenters. The highest BCUT2D eigenvalue weighted by Crippen LogP contribution is 2.15. The fourth-order valence-corrected chi connectivity index (χ4v) is 3.28. The molecule has 4 heteroatoms. The first-order chi connectivity index (χ1) is 8.74. The van der Waals surface area contributed by atoms with Gasteiger partial charge in [-0.25, -0.2) is 0 Å². The molecule has 0 aliphatic carbocycles. The van der Waals surface area contributed by atoms with Crippen LogP contribution in [-0.2, 0) is 11.2 Å². The average Bonchev–Trinajstić information content (AvgIpc) is 2.76. The van der Waals surface area contributed by atoms with Gasteiger partial charge in [-0.3, -0.25) is 4.79 Å². The van der Waals surface area contributed by atoms with Crippen LogP contribution >= 0.6 is 11.3 Å². The predicted molar refractivity (Wildman–Crippen MR) is 76.0 cm³/mol. The number of thiophene rings is 1. The van der Waals surface area contributed by atoms with Gasteiger partial charge in [0.15, 0.2) is 0 Å². The van der Waals surface area contributed by atoms with Crippen LogP contribution in [0.1, 0.15) is 29.0 Å². The van der Waals surface area contributed by atoms with E-state index < -0.39 is 0 Å². The van der Waals surface area contributed by atoms with Crippen molar-refractivity contribution < 1.29 is 4.79 Å². The maximum Gasteiger partial charge on any atom is 0.225 e. The Kier molecular flexibility index (Phi) is 5.20. The van der Waals surface area contributed by atoms with Crippen molar-refractivity contribution in [3.63, 3.8) is 0 Å². The van der Waals surface area contributed by atoms with Gasteiger partial charge in [0.05, 0.1) is 6.42 Å². The van der Waals surface area contributed by atoms with Crippen LogP contribution in [0, 0.1) is 12.8 Å². The van der Waals surface area contributed by atoms with E-state index in [0.717, 1.165) is 36.9 Å². The second-order valence-corrected chi connectivity index (χ2v) is 6.41. The van der Waals surface area contributed by atoms with E-state index in [1.54, 1.807) is 11.3 Å². The minimum atomic E-state index is 0.153. The fraction of sp³-hybridized carbons (Fsp3) is 0.643. The summed E-state index contributed by atoms with van der Waals surface area (Å²) in [5.74, 6) is 0.892. The normalized spacial score (nSPS) is 19.7. The standard InChI is InChI=1S/C14H22N2OS/c1-11-4-5-13(18-11)9-14(17)16-8-6-12-3-2-7-15-10-12/h4-5,12,15H,2-3,6-10H2,1H3,(H,16,17). The van der Waals surface area contributed by atoms with E-state index in [1.165, 1.54) is 17.7 Å². The molecule has 0 radical (unpaired) electrons. The van der Waals surface area contributed by atoms with Crippen LogP contribution in [0.15, 0.2) is 12.1 Å². The maximum atomic E-state index is 11.7. The molecule has 1 saturated heterocycles. The molecule has 0 aromatic carbocycles. The van der Waals surface area contributed by atoms with Crippen LogP contribution in [-0.4, -0.2) is 25.5 Å². The van der Waals surface area contributed by atoms with Crippen molar-refractivity contribution >= 4 is 17.2 Å². The van der Waals surface area contributed by atoms with E-state index >= 15 is 0 Å². The molecule has 18 heavy (non-hydrogen) atoms. The van der Waals surface area contributed by atoms with Crippen molar-refractivity contribution in [2.75, 3.05) is 19.6 Å². The number of carbonyl (C=O) groups excluding carboxylic acids is 1. The summed E-state index contributed by atoms with van der Waals surface area (Å²) in [6.07, 6.45) is 4.20. The second-order valence-electron chi connectivity index (χ2n) is 5.04. The monoisotopic (exact) mass is 266 g/mol. The van der Waals surface area contributed by atoms with Crippen LogP contribution in [0.5, 0.6) is 0 Å². The summed E-state index contributed by atoms with van der Waals surface area (Å²) in [5.41, 5.74) is 0. The van der Waals surface area contributed by atoms with Crippen molar-refractivity contribution in [1.29, 1.82) is 0 Å². The summed E-state index contributed by atoms with van der Waals surface area (Å²) in [6, 6.07) is 4.12. The van der Waals surface area contributed by atoms with Crippen LogP contribution < -0.4 is 10.6 Å². The van der Waals surface area contributed by atoms with Crippen molar-refractivity contribution in [1.82, 2.24) is 10.6 Å². The SMILES string of the molecule is Cc1ccc(CC(=O)NCCC2CCCNC2)s1. The molecule has 1 amide bonds. The molecule has 2 N–H and O–H groups in total. The largest absolute Gasteiger partial charge is 0.356 e. The van der Waals surface area contributed by atoms with Gasteiger partial charge in [0.2, 0.25) is 5.91 Å². The summed E-state index contributed by atoms with van der Waals surface area (Å²) in [4.78, 5) is 14.2. The summed E-state index contributed by atoms with van der Waals surface area (Å²) < 4.78 is 0. The topological polar surface area (TPSA) is 41.1 Å².